The van der Waals surface area contributed by atoms with Crippen molar-refractivity contribution in [3.63, 3.8) is 0 Å². The minimum atomic E-state index is -0.490. The Kier molecular flexibility index (Phi) is 5.60. The molecule has 0 bridgehead atoms. The number of carbonyl (C=O) groups is 2. The van der Waals surface area contributed by atoms with Gasteiger partial charge in [0.15, 0.2) is 4.96 Å². The molecule has 0 saturated heterocycles. The van der Waals surface area contributed by atoms with Gasteiger partial charge in [-0.3, -0.25) is 14.0 Å². The van der Waals surface area contributed by atoms with E-state index in [0.717, 1.165) is 15.9 Å². The average molecular weight is 439 g/mol. The first-order valence-corrected chi connectivity index (χ1v) is 10.6. The van der Waals surface area contributed by atoms with Crippen molar-refractivity contribution < 1.29 is 19.1 Å². The molecular formula is C22H21N3O5S. The Bertz CT molecular complexity index is 1360. The quantitative estimate of drug-likeness (QED) is 0.428. The largest absolute Gasteiger partial charge is 0.462 e. The molecule has 4 aromatic rings. The van der Waals surface area contributed by atoms with Gasteiger partial charge >= 0.3 is 11.9 Å². The summed E-state index contributed by atoms with van der Waals surface area (Å²) in [6, 6.07) is 10.6. The summed E-state index contributed by atoms with van der Waals surface area (Å²) in [7, 11) is 0. The van der Waals surface area contributed by atoms with Gasteiger partial charge < -0.3 is 14.0 Å². The highest BCUT2D eigenvalue weighted by Gasteiger charge is 2.19. The Morgan fingerprint density at radius 3 is 2.68 bits per heavy atom. The number of aryl methyl sites for hydroxylation is 1. The van der Waals surface area contributed by atoms with Gasteiger partial charge in [-0.05, 0) is 39.0 Å². The molecule has 3 aromatic heterocycles. The van der Waals surface area contributed by atoms with Gasteiger partial charge in [-0.2, -0.15) is 0 Å². The van der Waals surface area contributed by atoms with Crippen LogP contribution in [0.4, 0.5) is 0 Å². The second kappa shape index (κ2) is 8.35. The summed E-state index contributed by atoms with van der Waals surface area (Å²) in [4.78, 5) is 42.0. The van der Waals surface area contributed by atoms with E-state index in [1.165, 1.54) is 17.4 Å². The van der Waals surface area contributed by atoms with Crippen LogP contribution in [0.2, 0.25) is 0 Å². The van der Waals surface area contributed by atoms with Crippen LogP contribution in [0.25, 0.3) is 15.2 Å². The Morgan fingerprint density at radius 1 is 1.13 bits per heavy atom. The molecule has 0 fully saturated rings. The number of para-hydroxylation sites is 1. The molecule has 9 heteroatoms. The van der Waals surface area contributed by atoms with Crippen molar-refractivity contribution in [3.05, 3.63) is 69.4 Å². The van der Waals surface area contributed by atoms with Gasteiger partial charge in [0.2, 0.25) is 0 Å². The molecule has 31 heavy (non-hydrogen) atoms. The molecule has 0 aliphatic carbocycles. The van der Waals surface area contributed by atoms with E-state index in [-0.39, 0.29) is 25.3 Å². The number of ether oxygens (including phenoxy) is 2. The highest BCUT2D eigenvalue weighted by atomic mass is 32.1. The molecule has 0 atom stereocenters. The number of esters is 2. The maximum Gasteiger partial charge on any atom is 0.339 e. The Morgan fingerprint density at radius 2 is 1.90 bits per heavy atom. The lowest BCUT2D eigenvalue weighted by atomic mass is 10.2. The van der Waals surface area contributed by atoms with Gasteiger partial charge in [0.1, 0.15) is 13.2 Å². The van der Waals surface area contributed by atoms with Crippen molar-refractivity contribution in [1.82, 2.24) is 14.0 Å². The minimum absolute atomic E-state index is 0.0544. The average Bonchev–Trinajstić information content (AvgIpc) is 3.25. The third-order valence-corrected chi connectivity index (χ3v) is 6.01. The molecule has 1 aromatic carbocycles. The van der Waals surface area contributed by atoms with Gasteiger partial charge in [0.05, 0.1) is 28.1 Å². The molecule has 0 spiro atoms. The van der Waals surface area contributed by atoms with E-state index in [1.54, 1.807) is 35.8 Å². The van der Waals surface area contributed by atoms with Crippen molar-refractivity contribution >= 4 is 38.5 Å². The Balaban J connectivity index is 1.49. The molecule has 4 rings (SSSR count). The van der Waals surface area contributed by atoms with Crippen molar-refractivity contribution in [2.75, 3.05) is 6.61 Å². The molecule has 160 valence electrons. The first-order chi connectivity index (χ1) is 14.9. The number of fused-ring (bicyclic) bond motifs is 3. The third-order valence-electron chi connectivity index (χ3n) is 4.99. The predicted octanol–water partition coefficient (Wildman–Crippen LogP) is 3.25. The summed E-state index contributed by atoms with van der Waals surface area (Å²) >= 11 is 1.40. The number of aromatic nitrogens is 3. The number of rotatable bonds is 6. The number of benzene rings is 1. The fraction of sp³-hybridized carbons (Fsp3) is 0.273. The maximum atomic E-state index is 12.6. The molecular weight excluding hydrogens is 418 g/mol. The highest BCUT2D eigenvalue weighted by Crippen LogP contribution is 2.23. The van der Waals surface area contributed by atoms with Crippen LogP contribution in [0.3, 0.4) is 0 Å². The smallest absolute Gasteiger partial charge is 0.339 e. The lowest BCUT2D eigenvalue weighted by Gasteiger charge is -2.10. The molecule has 0 aliphatic rings. The zero-order valence-corrected chi connectivity index (χ0v) is 18.2. The first-order valence-electron chi connectivity index (χ1n) is 9.78. The Labute approximate surface area is 181 Å². The van der Waals surface area contributed by atoms with Crippen LogP contribution < -0.4 is 5.56 Å². The molecule has 0 saturated carbocycles. The summed E-state index contributed by atoms with van der Waals surface area (Å²) in [6.45, 7) is 5.42. The summed E-state index contributed by atoms with van der Waals surface area (Å²) in [6.07, 6.45) is 0. The number of thiazole rings is 1. The molecule has 0 radical (unpaired) electrons. The fourth-order valence-electron chi connectivity index (χ4n) is 3.49. The number of hydrogen-bond donors (Lipinski definition) is 0. The van der Waals surface area contributed by atoms with Crippen LogP contribution in [0, 0.1) is 13.8 Å². The first kappa shape index (κ1) is 20.8. The molecule has 0 aliphatic heterocycles. The monoisotopic (exact) mass is 439 g/mol. The van der Waals surface area contributed by atoms with E-state index in [1.807, 2.05) is 24.3 Å². The summed E-state index contributed by atoms with van der Waals surface area (Å²) in [5.41, 5.74) is 2.79. The van der Waals surface area contributed by atoms with Gasteiger partial charge in [-0.15, -0.1) is 0 Å². The van der Waals surface area contributed by atoms with Crippen LogP contribution in [-0.4, -0.2) is 32.5 Å². The highest BCUT2D eigenvalue weighted by molar-refractivity contribution is 7.23. The zero-order chi connectivity index (χ0) is 22.1. The molecule has 3 heterocycles. The minimum Gasteiger partial charge on any atom is -0.462 e. The summed E-state index contributed by atoms with van der Waals surface area (Å²) in [5.74, 6) is -0.910. The van der Waals surface area contributed by atoms with Crippen LogP contribution in [0.1, 0.15) is 34.4 Å². The van der Waals surface area contributed by atoms with Crippen LogP contribution >= 0.6 is 11.3 Å². The van der Waals surface area contributed by atoms with E-state index in [2.05, 4.69) is 4.98 Å². The SMILES string of the molecule is CCOC(=O)c1cc(C)n(CC(=O)OCc2cc(=O)n3c(n2)sc2ccccc23)c1C. The molecule has 0 unspecified atom stereocenters. The van der Waals surface area contributed by atoms with Crippen molar-refractivity contribution in [3.8, 4) is 0 Å². The lowest BCUT2D eigenvalue weighted by Crippen LogP contribution is -2.18. The van der Waals surface area contributed by atoms with Gasteiger partial charge in [0.25, 0.3) is 5.56 Å². The fourth-order valence-corrected chi connectivity index (χ4v) is 4.54. The molecule has 0 amide bonds. The zero-order valence-electron chi connectivity index (χ0n) is 17.4. The number of nitrogens with zero attached hydrogens (tertiary/aromatic N) is 3. The van der Waals surface area contributed by atoms with Crippen LogP contribution in [0.15, 0.2) is 41.2 Å². The van der Waals surface area contributed by atoms with Crippen LogP contribution in [0.5, 0.6) is 0 Å². The van der Waals surface area contributed by atoms with Gasteiger partial charge in [0, 0.05) is 17.5 Å². The summed E-state index contributed by atoms with van der Waals surface area (Å²) < 4.78 is 14.6. The van der Waals surface area contributed by atoms with E-state index >= 15 is 0 Å². The number of carbonyl (C=O) groups excluding carboxylic acids is 2. The van der Waals surface area contributed by atoms with E-state index < -0.39 is 11.9 Å². The van der Waals surface area contributed by atoms with Crippen LogP contribution in [-0.2, 0) is 27.4 Å². The predicted molar refractivity (Wildman–Crippen MR) is 117 cm³/mol. The normalized spacial score (nSPS) is 11.2. The topological polar surface area (TPSA) is 91.9 Å². The van der Waals surface area contributed by atoms with E-state index in [0.29, 0.717) is 21.9 Å². The maximum absolute atomic E-state index is 12.6. The van der Waals surface area contributed by atoms with E-state index in [4.69, 9.17) is 9.47 Å². The van der Waals surface area contributed by atoms with Crippen molar-refractivity contribution in [2.24, 2.45) is 0 Å². The molecule has 0 N–H and O–H groups in total. The van der Waals surface area contributed by atoms with Gasteiger partial charge in [-0.25, -0.2) is 9.78 Å². The molecule has 8 nitrogen and oxygen atoms in total. The second-order valence-electron chi connectivity index (χ2n) is 7.03. The number of hydrogen-bond acceptors (Lipinski definition) is 7. The summed E-state index contributed by atoms with van der Waals surface area (Å²) in [5, 5.41) is 0. The van der Waals surface area contributed by atoms with E-state index in [9.17, 15) is 14.4 Å². The van der Waals surface area contributed by atoms with Gasteiger partial charge in [-0.1, -0.05) is 23.5 Å². The second-order valence-corrected chi connectivity index (χ2v) is 8.03. The standard InChI is InChI=1S/C22H21N3O5S/c1-4-29-21(28)16-9-13(2)24(14(16)3)11-20(27)30-12-15-10-19(26)25-17-7-5-6-8-18(17)31-22(25)23-15/h5-10H,4,11-12H2,1-3H3. The lowest BCUT2D eigenvalue weighted by molar-refractivity contribution is -0.145. The Hall–Kier alpha value is -3.46. The van der Waals surface area contributed by atoms with Crippen molar-refractivity contribution in [2.45, 2.75) is 33.9 Å². The van der Waals surface area contributed by atoms with Crippen molar-refractivity contribution in [1.29, 1.82) is 0 Å². The third kappa shape index (κ3) is 3.96.